The van der Waals surface area contributed by atoms with Gasteiger partial charge in [-0.3, -0.25) is 4.79 Å². The summed E-state index contributed by atoms with van der Waals surface area (Å²) in [6.45, 7) is 1.66. The second-order valence-electron chi connectivity index (χ2n) is 8.33. The van der Waals surface area contributed by atoms with Crippen molar-refractivity contribution in [2.24, 2.45) is 0 Å². The van der Waals surface area contributed by atoms with Gasteiger partial charge in [-0.25, -0.2) is 4.79 Å². The minimum absolute atomic E-state index is 0.224. The first kappa shape index (κ1) is 28.2. The molecule has 32 heavy (non-hydrogen) atoms. The highest BCUT2D eigenvalue weighted by atomic mass is 16.7. The van der Waals surface area contributed by atoms with E-state index in [0.717, 1.165) is 19.3 Å². The fraction of sp³-hybridized carbons (Fsp3) is 0.833. The number of hydrogen-bond acceptors (Lipinski definition) is 8. The highest BCUT2D eigenvalue weighted by Crippen LogP contribution is 2.25. The standard InChI is InChI=1S/C24H42O8/c1-3-4-5-6-7-8-9-10-11-12-13-14-15-16-20(26)30-17-19(25)22-23(31-18-29-2)21(27)24(28)32-22/h19,22,25,27H,3-18H2,1-2H3/t19-,22?/m0/s1. The molecule has 0 aliphatic carbocycles. The van der Waals surface area contributed by atoms with E-state index in [-0.39, 0.29) is 25.6 Å². The molecule has 1 aliphatic heterocycles. The van der Waals surface area contributed by atoms with Gasteiger partial charge in [-0.15, -0.1) is 0 Å². The minimum atomic E-state index is -1.34. The summed E-state index contributed by atoms with van der Waals surface area (Å²) in [6.07, 6.45) is 13.7. The summed E-state index contributed by atoms with van der Waals surface area (Å²) >= 11 is 0. The molecule has 8 heteroatoms. The topological polar surface area (TPSA) is 112 Å². The maximum atomic E-state index is 11.9. The Kier molecular flexibility index (Phi) is 15.6. The lowest BCUT2D eigenvalue weighted by Gasteiger charge is -2.19. The molecule has 0 spiro atoms. The molecular formula is C24H42O8. The van der Waals surface area contributed by atoms with Gasteiger partial charge in [-0.2, -0.15) is 0 Å². The zero-order chi connectivity index (χ0) is 23.6. The van der Waals surface area contributed by atoms with Crippen LogP contribution in [0.25, 0.3) is 0 Å². The van der Waals surface area contributed by atoms with E-state index in [1.165, 1.54) is 71.3 Å². The molecule has 0 bridgehead atoms. The molecule has 0 amide bonds. The Morgan fingerprint density at radius 2 is 1.50 bits per heavy atom. The molecule has 0 aromatic heterocycles. The predicted molar refractivity (Wildman–Crippen MR) is 120 cm³/mol. The van der Waals surface area contributed by atoms with E-state index in [9.17, 15) is 19.8 Å². The van der Waals surface area contributed by atoms with Crippen molar-refractivity contribution in [2.45, 2.75) is 109 Å². The van der Waals surface area contributed by atoms with Crippen LogP contribution in [0.3, 0.4) is 0 Å². The summed E-state index contributed by atoms with van der Waals surface area (Å²) in [5.41, 5.74) is 0. The van der Waals surface area contributed by atoms with Crippen LogP contribution in [0.15, 0.2) is 11.5 Å². The second-order valence-corrected chi connectivity index (χ2v) is 8.33. The lowest BCUT2D eigenvalue weighted by atomic mass is 10.0. The summed E-state index contributed by atoms with van der Waals surface area (Å²) in [5.74, 6) is -2.36. The number of unbranched alkanes of at least 4 members (excludes halogenated alkanes) is 12. The van der Waals surface area contributed by atoms with Gasteiger partial charge in [0.1, 0.15) is 12.7 Å². The zero-order valence-electron chi connectivity index (χ0n) is 19.8. The molecule has 2 N–H and O–H groups in total. The van der Waals surface area contributed by atoms with Gasteiger partial charge in [0.15, 0.2) is 18.7 Å². The number of hydrogen-bond donors (Lipinski definition) is 2. The summed E-state index contributed by atoms with van der Waals surface area (Å²) in [6, 6.07) is 0. The van der Waals surface area contributed by atoms with Crippen molar-refractivity contribution in [2.75, 3.05) is 20.5 Å². The lowest BCUT2D eigenvalue weighted by molar-refractivity contribution is -0.155. The minimum Gasteiger partial charge on any atom is -0.499 e. The van der Waals surface area contributed by atoms with Crippen LogP contribution >= 0.6 is 0 Å². The van der Waals surface area contributed by atoms with Crippen LogP contribution in [0.2, 0.25) is 0 Å². The highest BCUT2D eigenvalue weighted by Gasteiger charge is 2.41. The van der Waals surface area contributed by atoms with Crippen LogP contribution in [-0.4, -0.2) is 54.9 Å². The van der Waals surface area contributed by atoms with E-state index in [0.29, 0.717) is 0 Å². The van der Waals surface area contributed by atoms with Crippen molar-refractivity contribution in [1.29, 1.82) is 0 Å². The summed E-state index contributed by atoms with van der Waals surface area (Å²) in [4.78, 5) is 23.4. The molecule has 2 atom stereocenters. The van der Waals surface area contributed by atoms with Gasteiger partial charge in [0.25, 0.3) is 0 Å². The summed E-state index contributed by atoms with van der Waals surface area (Å²) < 4.78 is 19.8. The van der Waals surface area contributed by atoms with Gasteiger partial charge in [-0.05, 0) is 6.42 Å². The Morgan fingerprint density at radius 1 is 0.969 bits per heavy atom. The number of methoxy groups -OCH3 is 1. The van der Waals surface area contributed by atoms with E-state index in [1.54, 1.807) is 0 Å². The predicted octanol–water partition coefficient (Wildman–Crippen LogP) is 4.69. The third-order valence-electron chi connectivity index (χ3n) is 5.50. The van der Waals surface area contributed by atoms with Gasteiger partial charge in [-0.1, -0.05) is 84.0 Å². The summed E-state index contributed by atoms with van der Waals surface area (Å²) in [7, 11) is 1.37. The lowest BCUT2D eigenvalue weighted by Crippen LogP contribution is -2.34. The number of carbonyl (C=O) groups is 2. The molecule has 0 fully saturated rings. The molecule has 186 valence electrons. The number of ether oxygens (including phenoxy) is 4. The first-order valence-electron chi connectivity index (χ1n) is 12.1. The first-order chi connectivity index (χ1) is 15.5. The molecule has 1 unspecified atom stereocenters. The van der Waals surface area contributed by atoms with Gasteiger partial charge < -0.3 is 29.2 Å². The van der Waals surface area contributed by atoms with Gasteiger partial charge in [0, 0.05) is 13.5 Å². The number of esters is 2. The van der Waals surface area contributed by atoms with Gasteiger partial charge >= 0.3 is 11.9 Å². The molecular weight excluding hydrogens is 416 g/mol. The quantitative estimate of drug-likeness (QED) is 0.154. The van der Waals surface area contributed by atoms with Crippen molar-refractivity contribution in [3.05, 3.63) is 11.5 Å². The number of cyclic esters (lactones) is 1. The SMILES string of the molecule is CCCCCCCCCCCCCCCC(=O)OC[C@H](O)C1OC(=O)C(O)=C1OCOC. The maximum Gasteiger partial charge on any atom is 0.378 e. The molecule has 8 nitrogen and oxygen atoms in total. The number of aliphatic hydroxyl groups excluding tert-OH is 2. The zero-order valence-corrected chi connectivity index (χ0v) is 19.8. The third-order valence-corrected chi connectivity index (χ3v) is 5.50. The Bertz CT molecular complexity index is 560. The van der Waals surface area contributed by atoms with E-state index < -0.39 is 29.9 Å². The number of carbonyl (C=O) groups excluding carboxylic acids is 2. The average molecular weight is 459 g/mol. The summed E-state index contributed by atoms with van der Waals surface area (Å²) in [5, 5.41) is 19.8. The Hall–Kier alpha value is -1.80. The van der Waals surface area contributed by atoms with Crippen molar-refractivity contribution in [3.63, 3.8) is 0 Å². The van der Waals surface area contributed by atoms with E-state index in [4.69, 9.17) is 18.9 Å². The molecule has 0 aromatic carbocycles. The Balaban J connectivity index is 2.04. The Labute approximate surface area is 192 Å². The number of aliphatic hydroxyl groups is 2. The molecule has 0 aromatic rings. The molecule has 1 aliphatic rings. The highest BCUT2D eigenvalue weighted by molar-refractivity contribution is 5.89. The van der Waals surface area contributed by atoms with Crippen molar-refractivity contribution in [1.82, 2.24) is 0 Å². The largest absolute Gasteiger partial charge is 0.499 e. The van der Waals surface area contributed by atoms with Gasteiger partial charge in [0.05, 0.1) is 0 Å². The second kappa shape index (κ2) is 17.7. The van der Waals surface area contributed by atoms with E-state index in [2.05, 4.69) is 6.92 Å². The van der Waals surface area contributed by atoms with Crippen LogP contribution in [0.4, 0.5) is 0 Å². The van der Waals surface area contributed by atoms with Crippen LogP contribution in [-0.2, 0) is 28.5 Å². The van der Waals surface area contributed by atoms with Crippen LogP contribution < -0.4 is 0 Å². The molecule has 0 saturated heterocycles. The van der Waals surface area contributed by atoms with Crippen LogP contribution in [0.1, 0.15) is 96.8 Å². The molecule has 1 heterocycles. The third kappa shape index (κ3) is 11.7. The van der Waals surface area contributed by atoms with E-state index in [1.807, 2.05) is 0 Å². The Morgan fingerprint density at radius 3 is 2.03 bits per heavy atom. The van der Waals surface area contributed by atoms with Crippen molar-refractivity contribution >= 4 is 11.9 Å². The fourth-order valence-electron chi connectivity index (χ4n) is 3.61. The van der Waals surface area contributed by atoms with Crippen molar-refractivity contribution in [3.8, 4) is 0 Å². The van der Waals surface area contributed by atoms with Crippen molar-refractivity contribution < 1.29 is 38.7 Å². The van der Waals surface area contributed by atoms with Gasteiger partial charge in [0.2, 0.25) is 5.76 Å². The normalized spacial score (nSPS) is 16.8. The van der Waals surface area contributed by atoms with E-state index >= 15 is 0 Å². The molecule has 0 radical (unpaired) electrons. The smallest absolute Gasteiger partial charge is 0.378 e. The first-order valence-corrected chi connectivity index (χ1v) is 12.1. The number of rotatable bonds is 20. The molecule has 1 rings (SSSR count). The molecule has 0 saturated carbocycles. The fourth-order valence-corrected chi connectivity index (χ4v) is 3.61. The average Bonchev–Trinajstić information content (AvgIpc) is 3.07. The monoisotopic (exact) mass is 458 g/mol. The van der Waals surface area contributed by atoms with Crippen LogP contribution in [0.5, 0.6) is 0 Å². The van der Waals surface area contributed by atoms with Crippen LogP contribution in [0, 0.1) is 0 Å². The maximum absolute atomic E-state index is 11.9.